The second-order valence-corrected chi connectivity index (χ2v) is 10.9. The SMILES string of the molecule is c1ccc(N(c2ccccc2)c2ccc3c(c2)sc2cccc(-n4c5ccccc5c5ccccc54)c23)cc1. The normalized spacial score (nSPS) is 11.6. The number of thiophene rings is 1. The number of fused-ring (bicyclic) bond motifs is 6. The van der Waals surface area contributed by atoms with Crippen molar-refractivity contribution >= 4 is 70.4 Å². The summed E-state index contributed by atoms with van der Waals surface area (Å²) < 4.78 is 5.02. The Labute approximate surface area is 230 Å². The minimum atomic E-state index is 1.15. The second kappa shape index (κ2) is 8.87. The first-order valence-corrected chi connectivity index (χ1v) is 14.0. The minimum absolute atomic E-state index is 1.15. The van der Waals surface area contributed by atoms with Gasteiger partial charge in [0, 0.05) is 48.0 Å². The average molecular weight is 517 g/mol. The van der Waals surface area contributed by atoms with Gasteiger partial charge in [0.05, 0.1) is 16.7 Å². The van der Waals surface area contributed by atoms with E-state index in [1.807, 2.05) is 11.3 Å². The predicted octanol–water partition coefficient (Wildman–Crippen LogP) is 10.6. The Kier molecular flexibility index (Phi) is 5.04. The molecule has 2 aromatic heterocycles. The molecule has 0 saturated carbocycles. The molecule has 0 spiro atoms. The van der Waals surface area contributed by atoms with Crippen LogP contribution < -0.4 is 4.90 Å². The zero-order valence-corrected chi connectivity index (χ0v) is 22.0. The highest BCUT2D eigenvalue weighted by Crippen LogP contribution is 2.43. The molecule has 6 aromatic carbocycles. The van der Waals surface area contributed by atoms with Crippen molar-refractivity contribution in [3.63, 3.8) is 0 Å². The average Bonchev–Trinajstić information content (AvgIpc) is 3.54. The molecular weight excluding hydrogens is 492 g/mol. The molecule has 0 amide bonds. The molecule has 0 saturated heterocycles. The van der Waals surface area contributed by atoms with Crippen LogP contribution in [0, 0.1) is 0 Å². The van der Waals surface area contributed by atoms with E-state index in [0.29, 0.717) is 0 Å². The molecule has 39 heavy (non-hydrogen) atoms. The maximum absolute atomic E-state index is 2.44. The lowest BCUT2D eigenvalue weighted by Gasteiger charge is -2.25. The Bertz CT molecular complexity index is 2030. The van der Waals surface area contributed by atoms with Crippen LogP contribution in [-0.2, 0) is 0 Å². The molecule has 0 aliphatic heterocycles. The van der Waals surface area contributed by atoms with Crippen LogP contribution in [-0.4, -0.2) is 4.57 Å². The van der Waals surface area contributed by atoms with Crippen molar-refractivity contribution in [2.75, 3.05) is 4.90 Å². The van der Waals surface area contributed by atoms with Crippen LogP contribution in [0.15, 0.2) is 146 Å². The molecule has 2 heterocycles. The highest BCUT2D eigenvalue weighted by Gasteiger charge is 2.18. The van der Waals surface area contributed by atoms with Gasteiger partial charge in [-0.05, 0) is 60.7 Å². The first-order valence-electron chi connectivity index (χ1n) is 13.2. The molecule has 3 heteroatoms. The number of hydrogen-bond donors (Lipinski definition) is 0. The molecule has 184 valence electrons. The minimum Gasteiger partial charge on any atom is -0.310 e. The van der Waals surface area contributed by atoms with Crippen molar-refractivity contribution in [3.8, 4) is 5.69 Å². The van der Waals surface area contributed by atoms with Gasteiger partial charge in [-0.25, -0.2) is 0 Å². The lowest BCUT2D eigenvalue weighted by molar-refractivity contribution is 1.20. The summed E-state index contributed by atoms with van der Waals surface area (Å²) in [6.07, 6.45) is 0. The summed E-state index contributed by atoms with van der Waals surface area (Å²) in [4.78, 5) is 2.33. The molecule has 0 aliphatic carbocycles. The number of nitrogens with zero attached hydrogens (tertiary/aromatic N) is 2. The third kappa shape index (κ3) is 3.48. The predicted molar refractivity (Wildman–Crippen MR) is 168 cm³/mol. The molecule has 0 N–H and O–H groups in total. The molecule has 0 fully saturated rings. The van der Waals surface area contributed by atoms with Crippen molar-refractivity contribution in [1.29, 1.82) is 0 Å². The van der Waals surface area contributed by atoms with Crippen molar-refractivity contribution in [2.24, 2.45) is 0 Å². The Morgan fingerprint density at radius 2 is 1.03 bits per heavy atom. The van der Waals surface area contributed by atoms with Gasteiger partial charge in [-0.2, -0.15) is 0 Å². The van der Waals surface area contributed by atoms with E-state index in [1.54, 1.807) is 0 Å². The second-order valence-electron chi connectivity index (χ2n) is 9.81. The van der Waals surface area contributed by atoms with Gasteiger partial charge in [0.15, 0.2) is 0 Å². The largest absolute Gasteiger partial charge is 0.310 e. The van der Waals surface area contributed by atoms with Gasteiger partial charge in [-0.15, -0.1) is 11.3 Å². The zero-order valence-electron chi connectivity index (χ0n) is 21.2. The molecule has 0 atom stereocenters. The van der Waals surface area contributed by atoms with Crippen molar-refractivity contribution in [1.82, 2.24) is 4.57 Å². The van der Waals surface area contributed by atoms with Crippen LogP contribution in [0.1, 0.15) is 0 Å². The fourth-order valence-corrected chi connectivity index (χ4v) is 7.06. The highest BCUT2D eigenvalue weighted by atomic mass is 32.1. The van der Waals surface area contributed by atoms with E-state index in [0.717, 1.165) is 17.1 Å². The van der Waals surface area contributed by atoms with E-state index in [2.05, 4.69) is 155 Å². The van der Waals surface area contributed by atoms with E-state index in [1.165, 1.54) is 47.7 Å². The first kappa shape index (κ1) is 22.2. The zero-order chi connectivity index (χ0) is 25.8. The Balaban J connectivity index is 1.38. The number of hydrogen-bond acceptors (Lipinski definition) is 2. The van der Waals surface area contributed by atoms with Crippen LogP contribution >= 0.6 is 11.3 Å². The Hall–Kier alpha value is -4.86. The lowest BCUT2D eigenvalue weighted by atomic mass is 10.1. The number of para-hydroxylation sites is 4. The van der Waals surface area contributed by atoms with Crippen LogP contribution in [0.2, 0.25) is 0 Å². The molecule has 0 bridgehead atoms. The van der Waals surface area contributed by atoms with E-state index in [4.69, 9.17) is 0 Å². The first-order chi connectivity index (χ1) is 19.4. The number of rotatable bonds is 4. The monoisotopic (exact) mass is 516 g/mol. The summed E-state index contributed by atoms with van der Waals surface area (Å²) in [5.41, 5.74) is 7.16. The van der Waals surface area contributed by atoms with E-state index >= 15 is 0 Å². The maximum Gasteiger partial charge on any atom is 0.0555 e. The van der Waals surface area contributed by atoms with Crippen LogP contribution in [0.4, 0.5) is 17.1 Å². The standard InChI is InChI=1S/C36H24N2S/c1-3-12-25(13-4-1)37(26-14-5-2-6-15-26)27-22-23-30-35(24-27)39-34-21-11-20-33(36(30)34)38-31-18-9-7-16-28(31)29-17-8-10-19-32(29)38/h1-24H. The summed E-state index contributed by atoms with van der Waals surface area (Å²) in [5.74, 6) is 0. The van der Waals surface area contributed by atoms with Gasteiger partial charge in [-0.3, -0.25) is 0 Å². The van der Waals surface area contributed by atoms with Gasteiger partial charge < -0.3 is 9.47 Å². The summed E-state index contributed by atoms with van der Waals surface area (Å²) >= 11 is 1.87. The number of anilines is 3. The quantitative estimate of drug-likeness (QED) is 0.226. The van der Waals surface area contributed by atoms with Crippen LogP contribution in [0.5, 0.6) is 0 Å². The molecule has 0 aliphatic rings. The van der Waals surface area contributed by atoms with Crippen molar-refractivity contribution in [2.45, 2.75) is 0 Å². The van der Waals surface area contributed by atoms with Crippen LogP contribution in [0.25, 0.3) is 47.7 Å². The van der Waals surface area contributed by atoms with E-state index < -0.39 is 0 Å². The number of benzene rings is 6. The molecule has 0 unspecified atom stereocenters. The maximum atomic E-state index is 2.44. The smallest absolute Gasteiger partial charge is 0.0555 e. The third-order valence-electron chi connectivity index (χ3n) is 7.57. The van der Waals surface area contributed by atoms with Gasteiger partial charge >= 0.3 is 0 Å². The molecule has 8 aromatic rings. The summed E-state index contributed by atoms with van der Waals surface area (Å²) in [7, 11) is 0. The Morgan fingerprint density at radius 3 is 1.67 bits per heavy atom. The third-order valence-corrected chi connectivity index (χ3v) is 8.68. The summed E-state index contributed by atoms with van der Waals surface area (Å²) in [5, 5.41) is 5.17. The number of aromatic nitrogens is 1. The Morgan fingerprint density at radius 1 is 0.436 bits per heavy atom. The van der Waals surface area contributed by atoms with Gasteiger partial charge in [-0.1, -0.05) is 84.9 Å². The summed E-state index contributed by atoms with van der Waals surface area (Å²) in [6.45, 7) is 0. The van der Waals surface area contributed by atoms with Gasteiger partial charge in [0.25, 0.3) is 0 Å². The van der Waals surface area contributed by atoms with Crippen molar-refractivity contribution < 1.29 is 0 Å². The topological polar surface area (TPSA) is 8.17 Å². The van der Waals surface area contributed by atoms with Crippen LogP contribution in [0.3, 0.4) is 0 Å². The van der Waals surface area contributed by atoms with E-state index in [-0.39, 0.29) is 0 Å². The molecule has 8 rings (SSSR count). The highest BCUT2D eigenvalue weighted by molar-refractivity contribution is 7.26. The molecule has 2 nitrogen and oxygen atoms in total. The van der Waals surface area contributed by atoms with Gasteiger partial charge in [0.2, 0.25) is 0 Å². The molecule has 0 radical (unpaired) electrons. The van der Waals surface area contributed by atoms with Crippen molar-refractivity contribution in [3.05, 3.63) is 146 Å². The van der Waals surface area contributed by atoms with Gasteiger partial charge in [0.1, 0.15) is 0 Å². The fourth-order valence-electron chi connectivity index (χ4n) is 5.90. The fraction of sp³-hybridized carbons (Fsp3) is 0. The lowest BCUT2D eigenvalue weighted by Crippen LogP contribution is -2.09. The molecular formula is C36H24N2S. The van der Waals surface area contributed by atoms with E-state index in [9.17, 15) is 0 Å². The summed E-state index contributed by atoms with van der Waals surface area (Å²) in [6, 6.07) is 52.3.